The van der Waals surface area contributed by atoms with Gasteiger partial charge in [0.05, 0.1) is 12.3 Å². The molecule has 2 heterocycles. The summed E-state index contributed by atoms with van der Waals surface area (Å²) in [4.78, 5) is 24.1. The largest absolute Gasteiger partial charge is 0.399 e. The lowest BCUT2D eigenvalue weighted by molar-refractivity contribution is 0.0713. The summed E-state index contributed by atoms with van der Waals surface area (Å²) in [5.74, 6) is 0.446. The van der Waals surface area contributed by atoms with E-state index in [2.05, 4.69) is 15.3 Å². The van der Waals surface area contributed by atoms with Gasteiger partial charge in [-0.3, -0.25) is 4.79 Å². The molecule has 3 aromatic rings. The van der Waals surface area contributed by atoms with Gasteiger partial charge in [-0.1, -0.05) is 28.5 Å². The average Bonchev–Trinajstić information content (AvgIpc) is 3.34. The number of carbonyl (C=O) groups excluding carboxylic acids is 1. The molecule has 4 rings (SSSR count). The number of carbonyl (C=O) groups is 1. The van der Waals surface area contributed by atoms with Gasteiger partial charge in [0.15, 0.2) is 5.82 Å². The third kappa shape index (κ3) is 3.80. The molecule has 1 aromatic heterocycles. The molecular weight excluding hydrogens is 387 g/mol. The van der Waals surface area contributed by atoms with Crippen molar-refractivity contribution >= 4 is 11.6 Å². The summed E-state index contributed by atoms with van der Waals surface area (Å²) in [5.41, 5.74) is 3.92. The molecule has 8 heteroatoms. The second-order valence-electron chi connectivity index (χ2n) is 7.21. The highest BCUT2D eigenvalue weighted by atomic mass is 19.1. The van der Waals surface area contributed by atoms with Crippen molar-refractivity contribution in [2.45, 2.75) is 26.3 Å². The molecule has 30 heavy (non-hydrogen) atoms. The van der Waals surface area contributed by atoms with E-state index in [4.69, 9.17) is 9.36 Å². The maximum atomic E-state index is 13.4. The topological polar surface area (TPSA) is 80.8 Å². The van der Waals surface area contributed by atoms with Crippen LogP contribution < -0.4 is 0 Å². The Morgan fingerprint density at radius 3 is 2.63 bits per heavy atom. The summed E-state index contributed by atoms with van der Waals surface area (Å²) < 4.78 is 18.7. The highest BCUT2D eigenvalue weighted by molar-refractivity contribution is 6.00. The molecule has 0 N–H and O–H groups in total. The molecule has 1 amide bonds. The van der Waals surface area contributed by atoms with E-state index in [0.29, 0.717) is 30.2 Å². The van der Waals surface area contributed by atoms with Crippen LogP contribution in [0.15, 0.2) is 52.1 Å². The molecule has 1 fully saturated rings. The van der Waals surface area contributed by atoms with Gasteiger partial charge < -0.3 is 14.3 Å². The maximum absolute atomic E-state index is 13.4. The summed E-state index contributed by atoms with van der Waals surface area (Å²) in [6.07, 6.45) is 0.466. The third-order valence-corrected chi connectivity index (χ3v) is 5.10. The van der Waals surface area contributed by atoms with Crippen molar-refractivity contribution < 1.29 is 18.5 Å². The van der Waals surface area contributed by atoms with Crippen LogP contribution in [-0.4, -0.2) is 40.3 Å². The van der Waals surface area contributed by atoms with Gasteiger partial charge >= 0.3 is 0 Å². The average molecular weight is 408 g/mol. The zero-order chi connectivity index (χ0) is 21.3. The van der Waals surface area contributed by atoms with Crippen LogP contribution in [0.2, 0.25) is 0 Å². The van der Waals surface area contributed by atoms with Crippen molar-refractivity contribution in [3.05, 3.63) is 71.1 Å². The Kier molecular flexibility index (Phi) is 5.31. The number of amides is 1. The van der Waals surface area contributed by atoms with E-state index in [1.807, 2.05) is 19.1 Å². The molecule has 0 bridgehead atoms. The SMILES string of the molecule is CON=C1CC(c2nc(C)no2)N(C(=O)c2ccc(-c3ccc(F)cc3C)cc2)C1. The van der Waals surface area contributed by atoms with Crippen LogP contribution in [0.5, 0.6) is 0 Å². The lowest BCUT2D eigenvalue weighted by Gasteiger charge is -2.21. The Morgan fingerprint density at radius 1 is 1.23 bits per heavy atom. The first-order chi connectivity index (χ1) is 14.5. The second kappa shape index (κ2) is 8.06. The van der Waals surface area contributed by atoms with Gasteiger partial charge in [0.1, 0.15) is 19.0 Å². The van der Waals surface area contributed by atoms with Crippen LogP contribution in [0.25, 0.3) is 11.1 Å². The number of oxime groups is 1. The highest BCUT2D eigenvalue weighted by Crippen LogP contribution is 2.32. The van der Waals surface area contributed by atoms with Crippen molar-refractivity contribution in [3.8, 4) is 11.1 Å². The third-order valence-electron chi connectivity index (χ3n) is 5.10. The number of rotatable bonds is 4. The number of aryl methyl sites for hydroxylation is 2. The molecule has 1 saturated heterocycles. The number of hydrogen-bond donors (Lipinski definition) is 0. The van der Waals surface area contributed by atoms with Crippen LogP contribution in [0, 0.1) is 19.7 Å². The van der Waals surface area contributed by atoms with Gasteiger partial charge in [0, 0.05) is 12.0 Å². The van der Waals surface area contributed by atoms with Crippen LogP contribution in [-0.2, 0) is 4.84 Å². The van der Waals surface area contributed by atoms with Crippen molar-refractivity contribution in [2.24, 2.45) is 5.16 Å². The predicted octanol–water partition coefficient (Wildman–Crippen LogP) is 4.08. The fourth-order valence-electron chi connectivity index (χ4n) is 3.69. The quantitative estimate of drug-likeness (QED) is 0.608. The van der Waals surface area contributed by atoms with Gasteiger partial charge in [-0.05, 0) is 54.8 Å². The van der Waals surface area contributed by atoms with Gasteiger partial charge in [-0.2, -0.15) is 4.98 Å². The van der Waals surface area contributed by atoms with Crippen molar-refractivity contribution in [1.29, 1.82) is 0 Å². The van der Waals surface area contributed by atoms with Gasteiger partial charge in [-0.15, -0.1) is 0 Å². The minimum absolute atomic E-state index is 0.167. The number of nitrogens with zero attached hydrogens (tertiary/aromatic N) is 4. The first-order valence-electron chi connectivity index (χ1n) is 9.53. The van der Waals surface area contributed by atoms with Gasteiger partial charge in [0.25, 0.3) is 5.91 Å². The molecule has 0 saturated carbocycles. The van der Waals surface area contributed by atoms with Gasteiger partial charge in [-0.25, -0.2) is 4.39 Å². The van der Waals surface area contributed by atoms with E-state index in [1.54, 1.807) is 30.0 Å². The smallest absolute Gasteiger partial charge is 0.254 e. The van der Waals surface area contributed by atoms with E-state index >= 15 is 0 Å². The first-order valence-corrected chi connectivity index (χ1v) is 9.53. The molecule has 1 aliphatic rings. The number of hydrogen-bond acceptors (Lipinski definition) is 6. The van der Waals surface area contributed by atoms with E-state index in [9.17, 15) is 9.18 Å². The Bertz CT molecular complexity index is 1110. The number of benzene rings is 2. The summed E-state index contributed by atoms with van der Waals surface area (Å²) in [5, 5.41) is 7.84. The Hall–Kier alpha value is -3.55. The zero-order valence-corrected chi connectivity index (χ0v) is 16.9. The highest BCUT2D eigenvalue weighted by Gasteiger charge is 2.38. The van der Waals surface area contributed by atoms with Crippen LogP contribution in [0.1, 0.15) is 40.1 Å². The summed E-state index contributed by atoms with van der Waals surface area (Å²) in [7, 11) is 1.47. The summed E-state index contributed by atoms with van der Waals surface area (Å²) in [6, 6.07) is 11.5. The number of likely N-dealkylation sites (tertiary alicyclic amines) is 1. The minimum atomic E-state index is -0.397. The van der Waals surface area contributed by atoms with Gasteiger partial charge in [0.2, 0.25) is 5.89 Å². The van der Waals surface area contributed by atoms with Crippen molar-refractivity contribution in [3.63, 3.8) is 0 Å². The van der Waals surface area contributed by atoms with E-state index in [1.165, 1.54) is 19.2 Å². The van der Waals surface area contributed by atoms with Crippen LogP contribution >= 0.6 is 0 Å². The standard InChI is InChI=1S/C22H21FN4O3/c1-13-10-17(23)8-9-19(13)15-4-6-16(7-5-15)22(28)27-12-18(26-29-3)11-20(27)21-24-14(2)25-30-21/h4-10,20H,11-12H2,1-3H3. The van der Waals surface area contributed by atoms with Crippen molar-refractivity contribution in [2.75, 3.05) is 13.7 Å². The molecule has 1 atom stereocenters. The van der Waals surface area contributed by atoms with E-state index in [-0.39, 0.29) is 11.7 Å². The zero-order valence-electron chi connectivity index (χ0n) is 16.9. The summed E-state index contributed by atoms with van der Waals surface area (Å²) >= 11 is 0. The minimum Gasteiger partial charge on any atom is -0.399 e. The monoisotopic (exact) mass is 408 g/mol. The molecule has 0 aliphatic carbocycles. The summed E-state index contributed by atoms with van der Waals surface area (Å²) in [6.45, 7) is 3.90. The normalized spacial score (nSPS) is 17.5. The Labute approximate surface area is 173 Å². The molecule has 1 unspecified atom stereocenters. The molecule has 0 spiro atoms. The lowest BCUT2D eigenvalue weighted by atomic mass is 9.99. The molecule has 0 radical (unpaired) electrons. The molecule has 2 aromatic carbocycles. The van der Waals surface area contributed by atoms with E-state index in [0.717, 1.165) is 22.4 Å². The predicted molar refractivity (Wildman–Crippen MR) is 108 cm³/mol. The maximum Gasteiger partial charge on any atom is 0.254 e. The number of aromatic nitrogens is 2. The van der Waals surface area contributed by atoms with E-state index < -0.39 is 6.04 Å². The van der Waals surface area contributed by atoms with Crippen LogP contribution in [0.3, 0.4) is 0 Å². The number of halogens is 1. The molecule has 154 valence electrons. The molecule has 7 nitrogen and oxygen atoms in total. The molecular formula is C22H21FN4O3. The second-order valence-corrected chi connectivity index (χ2v) is 7.21. The van der Waals surface area contributed by atoms with Crippen LogP contribution in [0.4, 0.5) is 4.39 Å². The fraction of sp³-hybridized carbons (Fsp3) is 0.273. The first kappa shape index (κ1) is 19.8. The van der Waals surface area contributed by atoms with Crippen molar-refractivity contribution in [1.82, 2.24) is 15.0 Å². The molecule has 1 aliphatic heterocycles. The fourth-order valence-corrected chi connectivity index (χ4v) is 3.69. The lowest BCUT2D eigenvalue weighted by Crippen LogP contribution is -2.31. The Morgan fingerprint density at radius 2 is 2.00 bits per heavy atom. The Balaban J connectivity index is 1.61.